The van der Waals surface area contributed by atoms with Gasteiger partial charge in [0.15, 0.2) is 0 Å². The first-order chi connectivity index (χ1) is 7.43. The molecular weight excluding hydrogens is 204 g/mol. The molecule has 3 heteroatoms. The summed E-state index contributed by atoms with van der Waals surface area (Å²) in [6, 6.07) is 2.18. The first kappa shape index (κ1) is 12.7. The van der Waals surface area contributed by atoms with Crippen LogP contribution in [0.5, 0.6) is 0 Å². The lowest BCUT2D eigenvalue weighted by atomic mass is 10.1. The fourth-order valence-electron chi connectivity index (χ4n) is 1.55. The lowest BCUT2D eigenvalue weighted by Crippen LogP contribution is -2.14. The molecule has 0 aliphatic rings. The summed E-state index contributed by atoms with van der Waals surface area (Å²) in [4.78, 5) is 0. The van der Waals surface area contributed by atoms with Crippen LogP contribution in [0.4, 0.5) is 0 Å². The number of unbranched alkanes of at least 4 members (excludes halogenated alkanes) is 4. The summed E-state index contributed by atoms with van der Waals surface area (Å²) in [5, 5.41) is 7.79. The van der Waals surface area contributed by atoms with Gasteiger partial charge in [0.05, 0.1) is 0 Å². The molecule has 0 bridgehead atoms. The number of thiophene rings is 1. The Kier molecular flexibility index (Phi) is 7.52. The highest BCUT2D eigenvalue weighted by Gasteiger charge is 1.92. The Bertz CT molecular complexity index is 222. The highest BCUT2D eigenvalue weighted by Crippen LogP contribution is 2.05. The lowest BCUT2D eigenvalue weighted by Gasteiger charge is -2.03. The van der Waals surface area contributed by atoms with Crippen LogP contribution in [-0.2, 0) is 6.54 Å². The van der Waals surface area contributed by atoms with Crippen molar-refractivity contribution in [2.24, 2.45) is 5.73 Å². The highest BCUT2D eigenvalue weighted by atomic mass is 32.1. The van der Waals surface area contributed by atoms with Gasteiger partial charge < -0.3 is 11.1 Å². The van der Waals surface area contributed by atoms with E-state index in [2.05, 4.69) is 22.1 Å². The first-order valence-corrected chi connectivity index (χ1v) is 6.79. The monoisotopic (exact) mass is 226 g/mol. The van der Waals surface area contributed by atoms with Crippen molar-refractivity contribution < 1.29 is 0 Å². The van der Waals surface area contributed by atoms with Gasteiger partial charge in [-0.25, -0.2) is 0 Å². The number of hydrogen-bond donors (Lipinski definition) is 2. The van der Waals surface area contributed by atoms with E-state index in [4.69, 9.17) is 5.73 Å². The Balaban J connectivity index is 1.81. The van der Waals surface area contributed by atoms with Gasteiger partial charge in [0, 0.05) is 6.54 Å². The van der Waals surface area contributed by atoms with Crippen molar-refractivity contribution in [3.05, 3.63) is 22.4 Å². The quantitative estimate of drug-likeness (QED) is 0.635. The zero-order valence-corrected chi connectivity index (χ0v) is 10.2. The molecule has 1 aromatic rings. The molecule has 2 nitrogen and oxygen atoms in total. The second-order valence-corrected chi connectivity index (χ2v) is 4.64. The molecule has 1 heterocycles. The SMILES string of the molecule is NCCCCCCCNCc1ccsc1. The summed E-state index contributed by atoms with van der Waals surface area (Å²) in [5.74, 6) is 0. The number of nitrogens with two attached hydrogens (primary N) is 1. The van der Waals surface area contributed by atoms with E-state index in [9.17, 15) is 0 Å². The molecule has 1 aromatic heterocycles. The minimum absolute atomic E-state index is 0.844. The first-order valence-electron chi connectivity index (χ1n) is 5.85. The summed E-state index contributed by atoms with van der Waals surface area (Å²) in [5.41, 5.74) is 6.84. The molecule has 0 unspecified atom stereocenters. The fourth-order valence-corrected chi connectivity index (χ4v) is 2.22. The van der Waals surface area contributed by atoms with Crippen molar-refractivity contribution in [2.45, 2.75) is 38.6 Å². The second kappa shape index (κ2) is 8.89. The van der Waals surface area contributed by atoms with E-state index >= 15 is 0 Å². The maximum atomic E-state index is 5.43. The molecular formula is C12H22N2S. The molecule has 0 radical (unpaired) electrons. The molecule has 1 rings (SSSR count). The second-order valence-electron chi connectivity index (χ2n) is 3.86. The van der Waals surface area contributed by atoms with Crippen LogP contribution in [0, 0.1) is 0 Å². The van der Waals surface area contributed by atoms with Crippen molar-refractivity contribution in [3.8, 4) is 0 Å². The zero-order chi connectivity index (χ0) is 10.8. The van der Waals surface area contributed by atoms with Crippen molar-refractivity contribution in [1.29, 1.82) is 0 Å². The third-order valence-electron chi connectivity index (χ3n) is 2.47. The molecule has 0 amide bonds. The summed E-state index contributed by atoms with van der Waals surface area (Å²) in [6.45, 7) is 3.00. The average Bonchev–Trinajstić information content (AvgIpc) is 2.75. The Labute approximate surface area is 96.9 Å². The minimum atomic E-state index is 0.844. The van der Waals surface area contributed by atoms with Gasteiger partial charge in [0.2, 0.25) is 0 Å². The maximum Gasteiger partial charge on any atom is 0.0213 e. The molecule has 0 fully saturated rings. The van der Waals surface area contributed by atoms with Gasteiger partial charge in [-0.1, -0.05) is 19.3 Å². The van der Waals surface area contributed by atoms with E-state index in [0.717, 1.165) is 19.6 Å². The topological polar surface area (TPSA) is 38.0 Å². The number of rotatable bonds is 9. The largest absolute Gasteiger partial charge is 0.330 e. The normalized spacial score (nSPS) is 10.7. The van der Waals surface area contributed by atoms with Crippen LogP contribution in [0.25, 0.3) is 0 Å². The molecule has 0 aromatic carbocycles. The van der Waals surface area contributed by atoms with E-state index < -0.39 is 0 Å². The molecule has 86 valence electrons. The minimum Gasteiger partial charge on any atom is -0.330 e. The summed E-state index contributed by atoms with van der Waals surface area (Å²) in [6.07, 6.45) is 6.42. The van der Waals surface area contributed by atoms with Crippen LogP contribution < -0.4 is 11.1 Å². The van der Waals surface area contributed by atoms with Gasteiger partial charge in [0.1, 0.15) is 0 Å². The number of hydrogen-bond acceptors (Lipinski definition) is 3. The molecule has 0 atom stereocenters. The average molecular weight is 226 g/mol. The van der Waals surface area contributed by atoms with E-state index in [1.54, 1.807) is 11.3 Å². The summed E-state index contributed by atoms with van der Waals surface area (Å²) < 4.78 is 0. The van der Waals surface area contributed by atoms with Gasteiger partial charge in [-0.3, -0.25) is 0 Å². The highest BCUT2D eigenvalue weighted by molar-refractivity contribution is 7.07. The molecule has 3 N–H and O–H groups in total. The predicted molar refractivity (Wildman–Crippen MR) is 68.2 cm³/mol. The van der Waals surface area contributed by atoms with Crippen molar-refractivity contribution >= 4 is 11.3 Å². The van der Waals surface area contributed by atoms with Gasteiger partial charge in [-0.15, -0.1) is 0 Å². The van der Waals surface area contributed by atoms with Crippen molar-refractivity contribution in [2.75, 3.05) is 13.1 Å². The van der Waals surface area contributed by atoms with E-state index in [0.29, 0.717) is 0 Å². The van der Waals surface area contributed by atoms with Gasteiger partial charge in [-0.05, 0) is 48.3 Å². The van der Waals surface area contributed by atoms with Crippen molar-refractivity contribution in [1.82, 2.24) is 5.32 Å². The number of nitrogens with one attached hydrogen (secondary N) is 1. The van der Waals surface area contributed by atoms with Crippen LogP contribution in [0.3, 0.4) is 0 Å². The molecule has 0 saturated heterocycles. The van der Waals surface area contributed by atoms with E-state index in [1.807, 2.05) is 0 Å². The Morgan fingerprint density at radius 2 is 1.93 bits per heavy atom. The fraction of sp³-hybridized carbons (Fsp3) is 0.667. The summed E-state index contributed by atoms with van der Waals surface area (Å²) >= 11 is 1.77. The van der Waals surface area contributed by atoms with E-state index in [1.165, 1.54) is 37.7 Å². The van der Waals surface area contributed by atoms with Crippen LogP contribution in [0.2, 0.25) is 0 Å². The lowest BCUT2D eigenvalue weighted by molar-refractivity contribution is 0.578. The Morgan fingerprint density at radius 3 is 2.67 bits per heavy atom. The smallest absolute Gasteiger partial charge is 0.0213 e. The predicted octanol–water partition coefficient (Wildman–Crippen LogP) is 2.75. The van der Waals surface area contributed by atoms with Crippen LogP contribution in [0.1, 0.15) is 37.7 Å². The third kappa shape index (κ3) is 6.66. The molecule has 0 saturated carbocycles. The zero-order valence-electron chi connectivity index (χ0n) is 9.37. The van der Waals surface area contributed by atoms with Gasteiger partial charge in [-0.2, -0.15) is 11.3 Å². The van der Waals surface area contributed by atoms with Gasteiger partial charge in [0.25, 0.3) is 0 Å². The molecule has 15 heavy (non-hydrogen) atoms. The standard InChI is InChI=1S/C12H22N2S/c13-7-4-2-1-3-5-8-14-10-12-6-9-15-11-12/h6,9,11,14H,1-5,7-8,10,13H2. The maximum absolute atomic E-state index is 5.43. The molecule has 0 spiro atoms. The summed E-state index contributed by atoms with van der Waals surface area (Å²) in [7, 11) is 0. The van der Waals surface area contributed by atoms with Gasteiger partial charge >= 0.3 is 0 Å². The molecule has 0 aliphatic carbocycles. The van der Waals surface area contributed by atoms with Crippen LogP contribution in [-0.4, -0.2) is 13.1 Å². The Morgan fingerprint density at radius 1 is 1.13 bits per heavy atom. The van der Waals surface area contributed by atoms with Crippen LogP contribution >= 0.6 is 11.3 Å². The molecule has 0 aliphatic heterocycles. The van der Waals surface area contributed by atoms with Crippen molar-refractivity contribution in [3.63, 3.8) is 0 Å². The van der Waals surface area contributed by atoms with E-state index in [-0.39, 0.29) is 0 Å². The Hall–Kier alpha value is -0.380. The van der Waals surface area contributed by atoms with Crippen LogP contribution in [0.15, 0.2) is 16.8 Å². The third-order valence-corrected chi connectivity index (χ3v) is 3.20.